The Labute approximate surface area is 176 Å². The molecule has 1 amide bonds. The van der Waals surface area contributed by atoms with Crippen molar-refractivity contribution in [3.8, 4) is 5.69 Å². The van der Waals surface area contributed by atoms with Crippen LogP contribution in [-0.2, 0) is 9.53 Å². The summed E-state index contributed by atoms with van der Waals surface area (Å²) in [5.41, 5.74) is 2.79. The first-order valence-corrected chi connectivity index (χ1v) is 10.3. The third kappa shape index (κ3) is 4.13. The monoisotopic (exact) mass is 403 g/mol. The fraction of sp³-hybridized carbons (Fsp3) is 0.292. The van der Waals surface area contributed by atoms with E-state index in [-0.39, 0.29) is 5.91 Å². The van der Waals surface area contributed by atoms with E-state index in [9.17, 15) is 9.59 Å². The van der Waals surface area contributed by atoms with Crippen LogP contribution in [0.3, 0.4) is 0 Å². The summed E-state index contributed by atoms with van der Waals surface area (Å²) >= 11 is 0. The smallest absolute Gasteiger partial charge is 0.357 e. The van der Waals surface area contributed by atoms with Crippen molar-refractivity contribution in [2.45, 2.75) is 38.7 Å². The van der Waals surface area contributed by atoms with Crippen LogP contribution >= 0.6 is 0 Å². The number of carbonyl (C=O) groups excluding carboxylic acids is 2. The Morgan fingerprint density at radius 2 is 1.73 bits per heavy atom. The third-order valence-electron chi connectivity index (χ3n) is 5.22. The second kappa shape index (κ2) is 8.53. The molecule has 0 N–H and O–H groups in total. The molecule has 0 saturated heterocycles. The molecule has 0 bridgehead atoms. The van der Waals surface area contributed by atoms with E-state index in [1.807, 2.05) is 67.6 Å². The van der Waals surface area contributed by atoms with Gasteiger partial charge in [-0.1, -0.05) is 36.4 Å². The molecule has 2 aromatic carbocycles. The summed E-state index contributed by atoms with van der Waals surface area (Å²) < 4.78 is 7.20. The molecule has 1 saturated carbocycles. The van der Waals surface area contributed by atoms with Crippen molar-refractivity contribution in [3.63, 3.8) is 0 Å². The Balaban J connectivity index is 1.55. The van der Waals surface area contributed by atoms with Gasteiger partial charge in [0.05, 0.1) is 11.4 Å². The molecule has 6 nitrogen and oxygen atoms in total. The van der Waals surface area contributed by atoms with E-state index in [1.54, 1.807) is 22.6 Å². The van der Waals surface area contributed by atoms with Gasteiger partial charge < -0.3 is 9.64 Å². The molecule has 0 spiro atoms. The summed E-state index contributed by atoms with van der Waals surface area (Å²) in [4.78, 5) is 27.6. The van der Waals surface area contributed by atoms with E-state index in [0.29, 0.717) is 18.2 Å². The number of anilines is 1. The quantitative estimate of drug-likeness (QED) is 0.550. The average molecular weight is 403 g/mol. The molecule has 4 rings (SSSR count). The van der Waals surface area contributed by atoms with E-state index in [1.165, 1.54) is 0 Å². The Bertz CT molecular complexity index is 1030. The Morgan fingerprint density at radius 1 is 1.10 bits per heavy atom. The van der Waals surface area contributed by atoms with Crippen LogP contribution < -0.4 is 4.90 Å². The zero-order valence-electron chi connectivity index (χ0n) is 17.2. The number of para-hydroxylation sites is 2. The second-order valence-corrected chi connectivity index (χ2v) is 7.44. The number of likely N-dealkylation sites (N-methyl/N-ethyl adjacent to an activating group) is 1. The molecule has 0 radical (unpaired) electrons. The highest BCUT2D eigenvalue weighted by atomic mass is 16.5. The van der Waals surface area contributed by atoms with E-state index in [2.05, 4.69) is 5.10 Å². The third-order valence-corrected chi connectivity index (χ3v) is 5.22. The van der Waals surface area contributed by atoms with Crippen LogP contribution in [0.2, 0.25) is 0 Å². The van der Waals surface area contributed by atoms with Gasteiger partial charge in [-0.15, -0.1) is 0 Å². The molecule has 3 aromatic rings. The lowest BCUT2D eigenvalue weighted by Crippen LogP contribution is -2.40. The van der Waals surface area contributed by atoms with Crippen LogP contribution in [0.15, 0.2) is 66.7 Å². The zero-order valence-corrected chi connectivity index (χ0v) is 17.2. The van der Waals surface area contributed by atoms with Gasteiger partial charge in [-0.2, -0.15) is 5.10 Å². The highest BCUT2D eigenvalue weighted by molar-refractivity contribution is 5.98. The molecular weight excluding hydrogens is 378 g/mol. The molecule has 1 fully saturated rings. The zero-order chi connectivity index (χ0) is 21.1. The number of hydrogen-bond acceptors (Lipinski definition) is 4. The molecule has 1 heterocycles. The maximum Gasteiger partial charge on any atom is 0.357 e. The highest BCUT2D eigenvalue weighted by Gasteiger charge is 2.31. The van der Waals surface area contributed by atoms with E-state index < -0.39 is 12.1 Å². The topological polar surface area (TPSA) is 64.4 Å². The number of nitrogens with zero attached hydrogens (tertiary/aromatic N) is 3. The number of esters is 1. The van der Waals surface area contributed by atoms with Crippen LogP contribution in [0, 0.1) is 0 Å². The fourth-order valence-corrected chi connectivity index (χ4v) is 3.45. The minimum absolute atomic E-state index is 0.259. The van der Waals surface area contributed by atoms with Crippen LogP contribution in [0.5, 0.6) is 0 Å². The van der Waals surface area contributed by atoms with E-state index in [0.717, 1.165) is 29.9 Å². The molecular formula is C24H25N3O3. The summed E-state index contributed by atoms with van der Waals surface area (Å²) in [7, 11) is 0. The van der Waals surface area contributed by atoms with Gasteiger partial charge in [-0.25, -0.2) is 9.48 Å². The minimum Gasteiger partial charge on any atom is -0.448 e. The number of benzene rings is 2. The van der Waals surface area contributed by atoms with Crippen molar-refractivity contribution < 1.29 is 14.3 Å². The first-order valence-electron chi connectivity index (χ1n) is 10.3. The number of hydrogen-bond donors (Lipinski definition) is 0. The first kappa shape index (κ1) is 19.9. The number of carbonyl (C=O) groups is 2. The number of rotatable bonds is 7. The molecule has 154 valence electrons. The van der Waals surface area contributed by atoms with Gasteiger partial charge in [-0.3, -0.25) is 4.79 Å². The van der Waals surface area contributed by atoms with Gasteiger partial charge in [0, 0.05) is 18.2 Å². The van der Waals surface area contributed by atoms with Gasteiger partial charge in [0.25, 0.3) is 5.91 Å². The van der Waals surface area contributed by atoms with Crippen molar-refractivity contribution in [3.05, 3.63) is 78.1 Å². The molecule has 0 unspecified atom stereocenters. The predicted octanol–water partition coefficient (Wildman–Crippen LogP) is 4.35. The molecule has 1 aliphatic carbocycles. The normalized spacial score (nSPS) is 14.2. The summed E-state index contributed by atoms with van der Waals surface area (Å²) in [6.45, 7) is 3.99. The van der Waals surface area contributed by atoms with Crippen LogP contribution in [0.4, 0.5) is 5.69 Å². The standard InChI is InChI=1S/C24H25N3O3/c1-3-26(19-10-6-4-7-11-19)23(28)17(2)30-24(29)22-16-21(18-14-15-18)25-27(22)20-12-8-5-9-13-20/h4-13,16-18H,3,14-15H2,1-2H3/t17-/m1/s1. The number of amides is 1. The van der Waals surface area contributed by atoms with E-state index >= 15 is 0 Å². The van der Waals surface area contributed by atoms with Crippen LogP contribution in [0.1, 0.15) is 48.8 Å². The van der Waals surface area contributed by atoms with Gasteiger partial charge in [0.15, 0.2) is 11.8 Å². The highest BCUT2D eigenvalue weighted by Crippen LogP contribution is 2.39. The van der Waals surface area contributed by atoms with Crippen LogP contribution in [-0.4, -0.2) is 34.3 Å². The molecule has 1 aromatic heterocycles. The molecule has 1 aliphatic rings. The molecule has 1 atom stereocenters. The van der Waals surface area contributed by atoms with Crippen molar-refractivity contribution in [1.82, 2.24) is 9.78 Å². The molecule has 6 heteroatoms. The Morgan fingerprint density at radius 3 is 2.33 bits per heavy atom. The average Bonchev–Trinajstić information content (AvgIpc) is 3.53. The van der Waals surface area contributed by atoms with Crippen molar-refractivity contribution in [2.24, 2.45) is 0 Å². The largest absolute Gasteiger partial charge is 0.448 e. The lowest BCUT2D eigenvalue weighted by Gasteiger charge is -2.24. The SMILES string of the molecule is CCN(C(=O)[C@@H](C)OC(=O)c1cc(C2CC2)nn1-c1ccccc1)c1ccccc1. The first-order chi connectivity index (χ1) is 14.6. The molecule has 0 aliphatic heterocycles. The van der Waals surface area contributed by atoms with Gasteiger partial charge in [-0.05, 0) is 57.0 Å². The Kier molecular flexibility index (Phi) is 5.65. The second-order valence-electron chi connectivity index (χ2n) is 7.44. The molecule has 30 heavy (non-hydrogen) atoms. The summed E-state index contributed by atoms with van der Waals surface area (Å²) in [6, 6.07) is 20.7. The minimum atomic E-state index is -0.916. The van der Waals surface area contributed by atoms with Crippen LogP contribution in [0.25, 0.3) is 5.69 Å². The van der Waals surface area contributed by atoms with Crippen molar-refractivity contribution in [2.75, 3.05) is 11.4 Å². The Hall–Kier alpha value is -3.41. The summed E-state index contributed by atoms with van der Waals surface area (Å²) in [5.74, 6) is -0.414. The summed E-state index contributed by atoms with van der Waals surface area (Å²) in [5, 5.41) is 4.64. The lowest BCUT2D eigenvalue weighted by atomic mass is 10.2. The predicted molar refractivity (Wildman–Crippen MR) is 115 cm³/mol. The number of ether oxygens (including phenoxy) is 1. The lowest BCUT2D eigenvalue weighted by molar-refractivity contribution is -0.126. The fourth-order valence-electron chi connectivity index (χ4n) is 3.45. The maximum atomic E-state index is 13.0. The number of aromatic nitrogens is 2. The van der Waals surface area contributed by atoms with E-state index in [4.69, 9.17) is 4.74 Å². The van der Waals surface area contributed by atoms with Gasteiger partial charge >= 0.3 is 5.97 Å². The van der Waals surface area contributed by atoms with Crippen molar-refractivity contribution >= 4 is 17.6 Å². The summed E-state index contributed by atoms with van der Waals surface area (Å²) in [6.07, 6.45) is 1.25. The van der Waals surface area contributed by atoms with Gasteiger partial charge in [0.1, 0.15) is 0 Å². The van der Waals surface area contributed by atoms with Gasteiger partial charge in [0.2, 0.25) is 0 Å². The maximum absolute atomic E-state index is 13.0. The van der Waals surface area contributed by atoms with Crippen molar-refractivity contribution in [1.29, 1.82) is 0 Å².